The largest absolute Gasteiger partial charge is 0.300 e. The third kappa shape index (κ3) is 2.33. The van der Waals surface area contributed by atoms with Crippen LogP contribution in [0, 0.1) is 0 Å². The smallest absolute Gasteiger partial charge is 0.240 e. The number of nitrogens with zero attached hydrogens (tertiary/aromatic N) is 2. The number of hydrogen-bond acceptors (Lipinski definition) is 5. The molecular weight excluding hydrogens is 290 g/mol. The Kier molecular flexibility index (Phi) is 3.00. The molecule has 1 aliphatic heterocycles. The minimum absolute atomic E-state index is 0.0321. The number of hydrogen-bond donors (Lipinski definition) is 1. The van der Waals surface area contributed by atoms with Crippen molar-refractivity contribution in [3.8, 4) is 0 Å². The Morgan fingerprint density at radius 1 is 1.25 bits per heavy atom. The number of benzene rings is 1. The summed E-state index contributed by atoms with van der Waals surface area (Å²) in [4.78, 5) is 13.5. The third-order valence-electron chi connectivity index (χ3n) is 3.54. The number of amides is 1. The van der Waals surface area contributed by atoms with E-state index in [9.17, 15) is 4.79 Å². The number of carbonyl (C=O) groups excluding carboxylic acids is 1. The van der Waals surface area contributed by atoms with Gasteiger partial charge in [0.1, 0.15) is 5.01 Å². The molecule has 4 nitrogen and oxygen atoms in total. The molecule has 4 rings (SSSR count). The van der Waals surface area contributed by atoms with E-state index >= 15 is 0 Å². The van der Waals surface area contributed by atoms with E-state index in [-0.39, 0.29) is 11.2 Å². The minimum Gasteiger partial charge on any atom is -0.300 e. The van der Waals surface area contributed by atoms with Crippen molar-refractivity contribution in [2.75, 3.05) is 5.32 Å². The molecule has 2 heterocycles. The highest BCUT2D eigenvalue weighted by Gasteiger charge is 2.30. The molecule has 2 aromatic rings. The lowest BCUT2D eigenvalue weighted by atomic mass is 10.1. The molecule has 0 radical (unpaired) electrons. The highest BCUT2D eigenvalue weighted by molar-refractivity contribution is 8.01. The van der Waals surface area contributed by atoms with Crippen LogP contribution in [0.1, 0.15) is 29.3 Å². The van der Waals surface area contributed by atoms with Crippen molar-refractivity contribution >= 4 is 34.1 Å². The number of carbonyl (C=O) groups is 1. The van der Waals surface area contributed by atoms with E-state index in [4.69, 9.17) is 0 Å². The van der Waals surface area contributed by atoms with E-state index in [1.54, 1.807) is 11.8 Å². The Balaban J connectivity index is 1.43. The molecule has 1 aliphatic carbocycles. The second-order valence-electron chi connectivity index (χ2n) is 5.13. The summed E-state index contributed by atoms with van der Waals surface area (Å²) in [5, 5.41) is 12.8. The van der Waals surface area contributed by atoms with Crippen molar-refractivity contribution in [1.29, 1.82) is 0 Å². The summed E-state index contributed by atoms with van der Waals surface area (Å²) in [5.41, 5.74) is 1.26. The fraction of sp³-hybridized carbons (Fsp3) is 0.357. The van der Waals surface area contributed by atoms with Crippen molar-refractivity contribution in [3.05, 3.63) is 34.8 Å². The molecular formula is C14H13N3OS2. The van der Waals surface area contributed by atoms with Gasteiger partial charge in [-0.3, -0.25) is 10.1 Å². The van der Waals surface area contributed by atoms with E-state index in [2.05, 4.69) is 27.6 Å². The maximum Gasteiger partial charge on any atom is 0.240 e. The van der Waals surface area contributed by atoms with Gasteiger partial charge < -0.3 is 0 Å². The van der Waals surface area contributed by atoms with Gasteiger partial charge in [0, 0.05) is 10.8 Å². The van der Waals surface area contributed by atoms with Gasteiger partial charge in [0.2, 0.25) is 11.0 Å². The molecule has 0 saturated heterocycles. The van der Waals surface area contributed by atoms with Gasteiger partial charge in [0.15, 0.2) is 0 Å². The third-order valence-corrected chi connectivity index (χ3v) is 5.86. The summed E-state index contributed by atoms with van der Waals surface area (Å²) in [7, 11) is 0. The number of thioether (sulfide) groups is 1. The second-order valence-corrected chi connectivity index (χ2v) is 7.38. The van der Waals surface area contributed by atoms with E-state index in [0.29, 0.717) is 11.0 Å². The molecule has 1 amide bonds. The topological polar surface area (TPSA) is 54.9 Å². The van der Waals surface area contributed by atoms with E-state index < -0.39 is 0 Å². The van der Waals surface area contributed by atoms with Crippen LogP contribution in [0.2, 0.25) is 0 Å². The van der Waals surface area contributed by atoms with Crippen LogP contribution in [0.15, 0.2) is 29.2 Å². The van der Waals surface area contributed by atoms with Crippen molar-refractivity contribution in [3.63, 3.8) is 0 Å². The van der Waals surface area contributed by atoms with Crippen LogP contribution >= 0.6 is 23.1 Å². The Morgan fingerprint density at radius 2 is 2.10 bits per heavy atom. The maximum absolute atomic E-state index is 12.3. The van der Waals surface area contributed by atoms with E-state index in [0.717, 1.165) is 11.4 Å². The van der Waals surface area contributed by atoms with Crippen molar-refractivity contribution in [2.24, 2.45) is 0 Å². The normalized spacial score (nSPS) is 20.7. The summed E-state index contributed by atoms with van der Waals surface area (Å²) in [5.74, 6) is 0.618. The number of nitrogens with one attached hydrogen (secondary N) is 1. The van der Waals surface area contributed by atoms with Crippen LogP contribution < -0.4 is 5.32 Å². The molecule has 20 heavy (non-hydrogen) atoms. The van der Waals surface area contributed by atoms with Gasteiger partial charge in [-0.05, 0) is 30.9 Å². The lowest BCUT2D eigenvalue weighted by Crippen LogP contribution is -2.24. The Hall–Kier alpha value is -1.40. The molecule has 1 unspecified atom stereocenters. The van der Waals surface area contributed by atoms with Crippen LogP contribution in [0.5, 0.6) is 0 Å². The summed E-state index contributed by atoms with van der Waals surface area (Å²) in [6.07, 6.45) is 3.20. The minimum atomic E-state index is -0.0549. The molecule has 1 fully saturated rings. The van der Waals surface area contributed by atoms with Gasteiger partial charge in [0.25, 0.3) is 0 Å². The zero-order chi connectivity index (χ0) is 13.5. The molecule has 1 saturated carbocycles. The molecule has 1 N–H and O–H groups in total. The van der Waals surface area contributed by atoms with Crippen LogP contribution in [-0.4, -0.2) is 21.4 Å². The van der Waals surface area contributed by atoms with Gasteiger partial charge in [0.05, 0.1) is 5.25 Å². The average molecular weight is 303 g/mol. The van der Waals surface area contributed by atoms with Crippen molar-refractivity contribution in [2.45, 2.75) is 35.3 Å². The second kappa shape index (κ2) is 4.86. The summed E-state index contributed by atoms with van der Waals surface area (Å²) in [6, 6.07) is 8.19. The highest BCUT2D eigenvalue weighted by atomic mass is 32.2. The lowest BCUT2D eigenvalue weighted by molar-refractivity contribution is -0.115. The van der Waals surface area contributed by atoms with Gasteiger partial charge in [-0.1, -0.05) is 29.5 Å². The Labute approximate surface area is 125 Å². The highest BCUT2D eigenvalue weighted by Crippen LogP contribution is 2.42. The van der Waals surface area contributed by atoms with Crippen molar-refractivity contribution in [1.82, 2.24) is 10.2 Å². The molecule has 0 spiro atoms. The van der Waals surface area contributed by atoms with Crippen LogP contribution in [0.4, 0.5) is 5.13 Å². The molecule has 2 aliphatic rings. The first kappa shape index (κ1) is 12.3. The van der Waals surface area contributed by atoms with Gasteiger partial charge in [-0.15, -0.1) is 22.0 Å². The first-order valence-electron chi connectivity index (χ1n) is 6.68. The lowest BCUT2D eigenvalue weighted by Gasteiger charge is -2.06. The predicted octanol–water partition coefficient (Wildman–Crippen LogP) is 3.07. The predicted molar refractivity (Wildman–Crippen MR) is 80.3 cm³/mol. The molecule has 1 atom stereocenters. The quantitative estimate of drug-likeness (QED) is 0.947. The Morgan fingerprint density at radius 3 is 2.90 bits per heavy atom. The summed E-state index contributed by atoms with van der Waals surface area (Å²) in [6.45, 7) is 0. The SMILES string of the molecule is O=C(Nc1nnc(C2CC2)s1)C1Cc2ccccc2S1. The van der Waals surface area contributed by atoms with Crippen LogP contribution in [0.3, 0.4) is 0 Å². The van der Waals surface area contributed by atoms with Crippen molar-refractivity contribution < 1.29 is 4.79 Å². The first-order chi connectivity index (χ1) is 9.79. The molecule has 0 bridgehead atoms. The first-order valence-corrected chi connectivity index (χ1v) is 8.38. The number of rotatable bonds is 3. The maximum atomic E-state index is 12.3. The fourth-order valence-corrected chi connectivity index (χ4v) is 4.41. The summed E-state index contributed by atoms with van der Waals surface area (Å²) < 4.78 is 0. The van der Waals surface area contributed by atoms with E-state index in [1.165, 1.54) is 34.6 Å². The van der Waals surface area contributed by atoms with Crippen LogP contribution in [-0.2, 0) is 11.2 Å². The fourth-order valence-electron chi connectivity index (χ4n) is 2.29. The monoisotopic (exact) mass is 303 g/mol. The van der Waals surface area contributed by atoms with Gasteiger partial charge >= 0.3 is 0 Å². The molecule has 1 aromatic heterocycles. The zero-order valence-electron chi connectivity index (χ0n) is 10.7. The van der Waals surface area contributed by atoms with E-state index in [1.807, 2.05) is 12.1 Å². The Bertz CT molecular complexity index is 641. The van der Waals surface area contributed by atoms with Gasteiger partial charge in [-0.25, -0.2) is 0 Å². The molecule has 102 valence electrons. The number of anilines is 1. The summed E-state index contributed by atoms with van der Waals surface area (Å²) >= 11 is 3.14. The van der Waals surface area contributed by atoms with Gasteiger partial charge in [-0.2, -0.15) is 0 Å². The number of aromatic nitrogens is 2. The molecule has 6 heteroatoms. The molecule has 1 aromatic carbocycles. The average Bonchev–Trinajstić information content (AvgIpc) is 3.04. The number of fused-ring (bicyclic) bond motifs is 1. The van der Waals surface area contributed by atoms with Crippen LogP contribution in [0.25, 0.3) is 0 Å². The standard InChI is InChI=1S/C14H13N3OS2/c18-12(11-7-9-3-1-2-4-10(9)19-11)15-14-17-16-13(20-14)8-5-6-8/h1-4,8,11H,5-7H2,(H,15,17,18). The zero-order valence-corrected chi connectivity index (χ0v) is 12.3.